The Hall–Kier alpha value is -1.25. The molecule has 0 spiro atoms. The van der Waals surface area contributed by atoms with Crippen molar-refractivity contribution in [2.45, 2.75) is 0 Å². The number of nitrogens with one attached hydrogen (secondary N) is 2. The lowest BCUT2D eigenvalue weighted by atomic mass is 10.5. The van der Waals surface area contributed by atoms with Gasteiger partial charge in [-0.25, -0.2) is 0 Å². The molecule has 2 heterocycles. The minimum atomic E-state index is -0.0255. The van der Waals surface area contributed by atoms with E-state index in [2.05, 4.69) is 9.97 Å². The average molecular weight is 108 g/mol. The van der Waals surface area contributed by atoms with Crippen LogP contribution in [0.1, 0.15) is 0 Å². The molecule has 2 N–H and O–H groups in total. The summed E-state index contributed by atoms with van der Waals surface area (Å²) in [4.78, 5) is 16.0. The molecular weight excluding hydrogens is 104 g/mol. The molecule has 8 heavy (non-hydrogen) atoms. The Morgan fingerprint density at radius 2 is 2.12 bits per heavy atom. The summed E-state index contributed by atoms with van der Waals surface area (Å²) in [6.07, 6.45) is 0. The van der Waals surface area contributed by atoms with Crippen LogP contribution in [0.25, 0.3) is 11.2 Å². The summed E-state index contributed by atoms with van der Waals surface area (Å²) in [6.45, 7) is 0. The second-order valence-electron chi connectivity index (χ2n) is 1.74. The van der Waals surface area contributed by atoms with Crippen molar-refractivity contribution < 1.29 is 0 Å². The van der Waals surface area contributed by atoms with E-state index in [0.717, 1.165) is 5.65 Å². The van der Waals surface area contributed by atoms with Gasteiger partial charge in [0.25, 0.3) is 5.56 Å². The number of hydrogen-bond acceptors (Lipinski definition) is 1. The minimum Gasteiger partial charge on any atom is -0.337 e. The van der Waals surface area contributed by atoms with Crippen LogP contribution in [0.2, 0.25) is 0 Å². The topological polar surface area (TPSA) is 48.6 Å². The van der Waals surface area contributed by atoms with Crippen molar-refractivity contribution in [2.75, 3.05) is 0 Å². The van der Waals surface area contributed by atoms with Crippen LogP contribution in [-0.4, -0.2) is 9.97 Å². The van der Waals surface area contributed by atoms with E-state index in [-0.39, 0.29) is 5.56 Å². The van der Waals surface area contributed by atoms with E-state index >= 15 is 0 Å². The maximum atomic E-state index is 10.6. The standard InChI is InChI=1S/C5H4N2O/c8-5-3-1-2-4(6-3)7-5/h1-2H,(H2,6,7,8). The number of aromatic nitrogens is 2. The molecule has 0 aliphatic heterocycles. The van der Waals surface area contributed by atoms with Crippen LogP contribution in [-0.2, 0) is 0 Å². The summed E-state index contributed by atoms with van der Waals surface area (Å²) >= 11 is 0. The van der Waals surface area contributed by atoms with Gasteiger partial charge in [0.15, 0.2) is 0 Å². The number of pyridine rings is 1. The minimum absolute atomic E-state index is 0.0255. The maximum Gasteiger partial charge on any atom is 0.273 e. The third-order valence-electron chi connectivity index (χ3n) is 1.18. The van der Waals surface area contributed by atoms with Crippen LogP contribution in [0.3, 0.4) is 0 Å². The molecule has 0 aliphatic carbocycles. The predicted octanol–water partition coefficient (Wildman–Crippen LogP) is 0.294. The zero-order valence-corrected chi connectivity index (χ0v) is 4.06. The Labute approximate surface area is 44.7 Å². The van der Waals surface area contributed by atoms with Crippen LogP contribution >= 0.6 is 0 Å². The van der Waals surface area contributed by atoms with Gasteiger partial charge in [-0.05, 0) is 12.1 Å². The van der Waals surface area contributed by atoms with E-state index in [0.29, 0.717) is 5.52 Å². The highest BCUT2D eigenvalue weighted by atomic mass is 16.1. The lowest BCUT2D eigenvalue weighted by molar-refractivity contribution is 1.36. The van der Waals surface area contributed by atoms with Gasteiger partial charge in [0.1, 0.15) is 11.2 Å². The first-order chi connectivity index (χ1) is 3.86. The van der Waals surface area contributed by atoms with E-state index in [1.807, 2.05) is 6.07 Å². The fourth-order valence-corrected chi connectivity index (χ4v) is 0.790. The highest BCUT2D eigenvalue weighted by Gasteiger charge is 1.96. The normalized spacial score (nSPS) is 11.0. The first-order valence-corrected chi connectivity index (χ1v) is 2.36. The van der Waals surface area contributed by atoms with Crippen molar-refractivity contribution in [1.82, 2.24) is 9.97 Å². The summed E-state index contributed by atoms with van der Waals surface area (Å²) < 4.78 is 0. The monoisotopic (exact) mass is 108 g/mol. The molecule has 2 bridgehead atoms. The molecule has 2 aromatic rings. The molecule has 0 radical (unpaired) electrons. The molecule has 40 valence electrons. The van der Waals surface area contributed by atoms with E-state index in [1.54, 1.807) is 6.07 Å². The molecule has 0 saturated heterocycles. The highest BCUT2D eigenvalue weighted by molar-refractivity contribution is 5.58. The van der Waals surface area contributed by atoms with Crippen molar-refractivity contribution in [3.8, 4) is 0 Å². The van der Waals surface area contributed by atoms with Crippen molar-refractivity contribution in [1.29, 1.82) is 0 Å². The van der Waals surface area contributed by atoms with E-state index in [1.165, 1.54) is 0 Å². The molecule has 3 heteroatoms. The predicted molar refractivity (Wildman–Crippen MR) is 30.1 cm³/mol. The summed E-state index contributed by atoms with van der Waals surface area (Å²) in [5.74, 6) is 0. The van der Waals surface area contributed by atoms with E-state index < -0.39 is 0 Å². The smallest absolute Gasteiger partial charge is 0.273 e. The SMILES string of the molecule is O=c1[nH]c2ccc1[nH]2. The molecule has 0 aromatic carbocycles. The van der Waals surface area contributed by atoms with Gasteiger partial charge in [-0.1, -0.05) is 0 Å². The fourth-order valence-electron chi connectivity index (χ4n) is 0.790. The first kappa shape index (κ1) is 3.72. The first-order valence-electron chi connectivity index (χ1n) is 2.36. The van der Waals surface area contributed by atoms with Gasteiger partial charge in [-0.2, -0.15) is 0 Å². The fraction of sp³-hybridized carbons (Fsp3) is 0. The Kier molecular flexibility index (Phi) is 0.436. The molecule has 0 aliphatic rings. The summed E-state index contributed by atoms with van der Waals surface area (Å²) in [7, 11) is 0. The summed E-state index contributed by atoms with van der Waals surface area (Å²) in [5.41, 5.74) is 1.42. The van der Waals surface area contributed by atoms with Gasteiger partial charge in [-0.15, -0.1) is 0 Å². The molecule has 0 atom stereocenters. The third kappa shape index (κ3) is 0.269. The number of hydrogen-bond donors (Lipinski definition) is 2. The van der Waals surface area contributed by atoms with Gasteiger partial charge in [0, 0.05) is 0 Å². The van der Waals surface area contributed by atoms with Crippen molar-refractivity contribution >= 4 is 11.2 Å². The average Bonchev–Trinajstić information content (AvgIpc) is 2.23. The zero-order valence-electron chi connectivity index (χ0n) is 4.06. The van der Waals surface area contributed by atoms with Crippen molar-refractivity contribution in [3.63, 3.8) is 0 Å². The highest BCUT2D eigenvalue weighted by Crippen LogP contribution is 1.97. The van der Waals surface area contributed by atoms with Gasteiger partial charge < -0.3 is 9.97 Å². The van der Waals surface area contributed by atoms with Crippen LogP contribution < -0.4 is 5.56 Å². The summed E-state index contributed by atoms with van der Waals surface area (Å²) in [5, 5.41) is 0. The number of rotatable bonds is 0. The zero-order chi connectivity index (χ0) is 5.56. The molecule has 3 nitrogen and oxygen atoms in total. The molecule has 0 saturated carbocycles. The van der Waals surface area contributed by atoms with Gasteiger partial charge in [0.05, 0.1) is 0 Å². The Morgan fingerprint density at radius 1 is 1.25 bits per heavy atom. The van der Waals surface area contributed by atoms with Crippen molar-refractivity contribution in [3.05, 3.63) is 22.5 Å². The van der Waals surface area contributed by atoms with Gasteiger partial charge in [-0.3, -0.25) is 4.79 Å². The molecule has 0 amide bonds. The Morgan fingerprint density at radius 3 is 2.38 bits per heavy atom. The quantitative estimate of drug-likeness (QED) is 0.500. The van der Waals surface area contributed by atoms with E-state index in [4.69, 9.17) is 0 Å². The molecule has 2 rings (SSSR count). The lowest BCUT2D eigenvalue weighted by Crippen LogP contribution is -1.97. The Balaban J connectivity index is 3.24. The molecule has 0 unspecified atom stereocenters. The van der Waals surface area contributed by atoms with Crippen LogP contribution in [0.15, 0.2) is 16.9 Å². The molecule has 2 aromatic heterocycles. The second kappa shape index (κ2) is 0.940. The van der Waals surface area contributed by atoms with E-state index in [9.17, 15) is 4.79 Å². The summed E-state index contributed by atoms with van der Waals surface area (Å²) in [6, 6.07) is 3.59. The molecular formula is C5H4N2O. The van der Waals surface area contributed by atoms with Gasteiger partial charge >= 0.3 is 0 Å². The number of imidazole rings is 1. The van der Waals surface area contributed by atoms with Crippen LogP contribution in [0.5, 0.6) is 0 Å². The van der Waals surface area contributed by atoms with Crippen LogP contribution in [0, 0.1) is 0 Å². The number of fused-ring (bicyclic) bond motifs is 2. The van der Waals surface area contributed by atoms with Gasteiger partial charge in [0.2, 0.25) is 0 Å². The van der Waals surface area contributed by atoms with Crippen LogP contribution in [0.4, 0.5) is 0 Å². The Bertz CT molecular complexity index is 332. The molecule has 0 fully saturated rings. The lowest BCUT2D eigenvalue weighted by Gasteiger charge is -1.68. The number of H-pyrrole nitrogens is 2. The second-order valence-corrected chi connectivity index (χ2v) is 1.74. The maximum absolute atomic E-state index is 10.6. The third-order valence-corrected chi connectivity index (χ3v) is 1.18. The largest absolute Gasteiger partial charge is 0.337 e. The number of aromatic amines is 2. The van der Waals surface area contributed by atoms with Crippen molar-refractivity contribution in [2.24, 2.45) is 0 Å².